The first-order valence-electron chi connectivity index (χ1n) is 12.0. The van der Waals surface area contributed by atoms with Crippen LogP contribution in [0.2, 0.25) is 10.0 Å². The number of halogens is 3. The molecule has 1 N–H and O–H groups in total. The molecule has 0 bridgehead atoms. The molecule has 5 rings (SSSR count). The number of rotatable bonds is 6. The van der Waals surface area contributed by atoms with E-state index in [9.17, 15) is 18.8 Å². The highest BCUT2D eigenvalue weighted by atomic mass is 35.5. The van der Waals surface area contributed by atoms with Crippen molar-refractivity contribution < 1.29 is 18.8 Å². The van der Waals surface area contributed by atoms with Crippen molar-refractivity contribution in [3.63, 3.8) is 0 Å². The molecule has 2 aromatic rings. The van der Waals surface area contributed by atoms with E-state index in [4.69, 9.17) is 23.2 Å². The highest BCUT2D eigenvalue weighted by Gasteiger charge is 2.63. The lowest BCUT2D eigenvalue weighted by atomic mass is 9.58. The van der Waals surface area contributed by atoms with Crippen LogP contribution in [0.4, 0.5) is 10.1 Å². The van der Waals surface area contributed by atoms with Crippen LogP contribution in [-0.4, -0.2) is 52.7 Å². The molecule has 0 saturated carbocycles. The average molecular weight is 543 g/mol. The van der Waals surface area contributed by atoms with Crippen molar-refractivity contribution in [2.45, 2.75) is 43.6 Å². The highest BCUT2D eigenvalue weighted by molar-refractivity contribution is 6.31. The molecular weight excluding hydrogens is 518 g/mol. The summed E-state index contributed by atoms with van der Waals surface area (Å²) in [4.78, 5) is 40.0. The van der Waals surface area contributed by atoms with Crippen molar-refractivity contribution in [3.05, 3.63) is 75.8 Å². The van der Waals surface area contributed by atoms with Gasteiger partial charge in [-0.05, 0) is 41.8 Å². The van der Waals surface area contributed by atoms with E-state index in [-0.39, 0.29) is 24.9 Å². The van der Waals surface area contributed by atoms with Crippen LogP contribution in [0.3, 0.4) is 0 Å². The molecule has 2 aromatic carbocycles. The maximum absolute atomic E-state index is 14.1. The van der Waals surface area contributed by atoms with Gasteiger partial charge in [-0.3, -0.25) is 14.4 Å². The molecule has 0 unspecified atom stereocenters. The van der Waals surface area contributed by atoms with Crippen LogP contribution in [0, 0.1) is 0 Å². The minimum atomic E-state index is -1.51. The van der Waals surface area contributed by atoms with Gasteiger partial charge in [-0.15, -0.1) is 0 Å². The van der Waals surface area contributed by atoms with Gasteiger partial charge in [-0.2, -0.15) is 9.49 Å². The summed E-state index contributed by atoms with van der Waals surface area (Å²) < 4.78 is 13.0. The van der Waals surface area contributed by atoms with Crippen molar-refractivity contribution in [1.82, 2.24) is 9.91 Å². The van der Waals surface area contributed by atoms with Crippen LogP contribution in [-0.2, 0) is 19.8 Å². The molecule has 10 heteroatoms. The Hall–Kier alpha value is -3.23. The van der Waals surface area contributed by atoms with Crippen LogP contribution < -0.4 is 5.32 Å². The van der Waals surface area contributed by atoms with Crippen molar-refractivity contribution in [1.29, 1.82) is 0 Å². The highest BCUT2D eigenvalue weighted by Crippen LogP contribution is 2.57. The van der Waals surface area contributed by atoms with E-state index < -0.39 is 29.8 Å². The van der Waals surface area contributed by atoms with Crippen LogP contribution in [0.5, 0.6) is 0 Å². The predicted molar refractivity (Wildman–Crippen MR) is 140 cm³/mol. The fraction of sp³-hybridized carbons (Fsp3) is 0.333. The molecule has 3 aliphatic rings. The van der Waals surface area contributed by atoms with Crippen molar-refractivity contribution >= 4 is 52.6 Å². The van der Waals surface area contributed by atoms with Crippen molar-refractivity contribution in [2.24, 2.45) is 5.10 Å². The summed E-state index contributed by atoms with van der Waals surface area (Å²) in [5.74, 6) is -0.456. The topological polar surface area (TPSA) is 82.1 Å². The smallest absolute Gasteiger partial charge is 0.303 e. The van der Waals surface area contributed by atoms with Gasteiger partial charge in [0.05, 0.1) is 19.0 Å². The number of amides is 2. The number of nitrogens with one attached hydrogen (secondary N) is 1. The number of piperidine rings is 1. The Kier molecular flexibility index (Phi) is 6.58. The Bertz CT molecular complexity index is 1360. The Labute approximate surface area is 223 Å². The molecule has 3 aliphatic heterocycles. The van der Waals surface area contributed by atoms with Crippen LogP contribution in [0.25, 0.3) is 0 Å². The summed E-state index contributed by atoms with van der Waals surface area (Å²) in [7, 11) is 0. The van der Waals surface area contributed by atoms with Gasteiger partial charge in [0.25, 0.3) is 5.91 Å². The molecule has 192 valence electrons. The lowest BCUT2D eigenvalue weighted by Gasteiger charge is -2.54. The third kappa shape index (κ3) is 4.12. The third-order valence-electron chi connectivity index (χ3n) is 7.50. The molecule has 0 radical (unpaired) electrons. The van der Waals surface area contributed by atoms with E-state index in [1.165, 1.54) is 0 Å². The number of nitrogens with zero attached hydrogens (tertiary/aromatic N) is 3. The molecule has 1 spiro atoms. The van der Waals surface area contributed by atoms with E-state index in [0.29, 0.717) is 34.4 Å². The van der Waals surface area contributed by atoms with Crippen LogP contribution in [0.1, 0.15) is 43.2 Å². The number of carbonyl (C=O) groups excluding carboxylic acids is 3. The minimum Gasteiger partial charge on any atom is -0.341 e. The van der Waals surface area contributed by atoms with E-state index in [0.717, 1.165) is 21.7 Å². The van der Waals surface area contributed by atoms with Gasteiger partial charge in [0.15, 0.2) is 0 Å². The molecule has 2 amide bonds. The molecule has 1 saturated heterocycles. The fourth-order valence-electron chi connectivity index (χ4n) is 5.90. The lowest BCUT2D eigenvalue weighted by molar-refractivity contribution is -0.137. The van der Waals surface area contributed by atoms with E-state index >= 15 is 0 Å². The Balaban J connectivity index is 1.74. The summed E-state index contributed by atoms with van der Waals surface area (Å²) in [6, 6.07) is 10.6. The number of hydrogen-bond acceptors (Lipinski definition) is 5. The quantitative estimate of drug-likeness (QED) is 0.409. The van der Waals surface area contributed by atoms with Gasteiger partial charge < -0.3 is 10.2 Å². The number of hydrazone groups is 1. The molecule has 37 heavy (non-hydrogen) atoms. The molecule has 0 aromatic heterocycles. The van der Waals surface area contributed by atoms with Crippen molar-refractivity contribution in [2.75, 3.05) is 18.4 Å². The Morgan fingerprint density at radius 2 is 1.97 bits per heavy atom. The predicted octanol–water partition coefficient (Wildman–Crippen LogP) is 5.05. The zero-order valence-electron chi connectivity index (χ0n) is 20.1. The Morgan fingerprint density at radius 1 is 1.22 bits per heavy atom. The average Bonchev–Trinajstić information content (AvgIpc) is 3.13. The molecule has 3 heterocycles. The minimum absolute atomic E-state index is 0.0801. The second-order valence-corrected chi connectivity index (χ2v) is 10.4. The standard InChI is InChI=1S/C27H25Cl2FN4O3/c1-3-15(2)25-27(19-8-7-18(29)12-21(19)31-26(27)37)20(16-5-4-6-17(28)11-16)13-23-32-34(10-9-22(30)35)24(36)14-33(23)25/h4-8,11-12,20,25H,2-3,9-10,13-14H2,1H3,(H,31,37)/t20-,25+,27-/m0/s1. The summed E-state index contributed by atoms with van der Waals surface area (Å²) in [5, 5.41) is 9.75. The first-order chi connectivity index (χ1) is 17.7. The van der Waals surface area contributed by atoms with Gasteiger partial charge in [0.1, 0.15) is 17.8 Å². The maximum atomic E-state index is 14.1. The summed E-state index contributed by atoms with van der Waals surface area (Å²) in [6.45, 7) is 6.05. The SMILES string of the molecule is C=C(CC)[C@H]1N2CC(=O)N(CCC(=O)F)N=C2C[C@@H](c2cccc(Cl)c2)[C@]12C(=O)Nc1cc(Cl)ccc12. The van der Waals surface area contributed by atoms with Gasteiger partial charge in [-0.1, -0.05) is 60.5 Å². The zero-order valence-corrected chi connectivity index (χ0v) is 21.7. The molecule has 7 nitrogen and oxygen atoms in total. The van der Waals surface area contributed by atoms with Crippen molar-refractivity contribution in [3.8, 4) is 0 Å². The van der Waals surface area contributed by atoms with Crippen LogP contribution in [0.15, 0.2) is 59.7 Å². The number of anilines is 1. The van der Waals surface area contributed by atoms with Crippen LogP contribution >= 0.6 is 23.2 Å². The molecule has 3 atom stereocenters. The number of benzene rings is 2. The van der Waals surface area contributed by atoms with E-state index in [1.807, 2.05) is 36.1 Å². The first kappa shape index (κ1) is 25.4. The second kappa shape index (κ2) is 9.58. The number of hydrogen-bond donors (Lipinski definition) is 1. The Morgan fingerprint density at radius 3 is 2.68 bits per heavy atom. The number of carbonyl (C=O) groups is 3. The van der Waals surface area contributed by atoms with Gasteiger partial charge in [-0.25, -0.2) is 5.01 Å². The number of fused-ring (bicyclic) bond motifs is 3. The molecule has 0 aliphatic carbocycles. The lowest BCUT2D eigenvalue weighted by Crippen LogP contribution is -2.66. The fourth-order valence-corrected chi connectivity index (χ4v) is 6.27. The molecular formula is C27H25Cl2FN4O3. The van der Waals surface area contributed by atoms with E-state index in [1.54, 1.807) is 18.2 Å². The number of amidine groups is 1. The largest absolute Gasteiger partial charge is 0.341 e. The maximum Gasteiger partial charge on any atom is 0.303 e. The summed E-state index contributed by atoms with van der Waals surface area (Å²) in [6.07, 6.45) is 0.422. The van der Waals surface area contributed by atoms with Gasteiger partial charge >= 0.3 is 6.04 Å². The second-order valence-electron chi connectivity index (χ2n) is 9.51. The van der Waals surface area contributed by atoms with E-state index in [2.05, 4.69) is 17.0 Å². The summed E-state index contributed by atoms with van der Waals surface area (Å²) in [5.41, 5.74) is 1.84. The van der Waals surface area contributed by atoms with Gasteiger partial charge in [0.2, 0.25) is 5.91 Å². The zero-order chi connectivity index (χ0) is 26.5. The third-order valence-corrected chi connectivity index (χ3v) is 7.97. The summed E-state index contributed by atoms with van der Waals surface area (Å²) >= 11 is 12.7. The monoisotopic (exact) mass is 542 g/mol. The first-order valence-corrected chi connectivity index (χ1v) is 12.8. The van der Waals surface area contributed by atoms with Gasteiger partial charge in [0, 0.05) is 28.1 Å². The molecule has 1 fully saturated rings. The normalized spacial score (nSPS) is 24.5.